The molecule has 0 aromatic heterocycles. The number of hydrogen-bond acceptors (Lipinski definition) is 4. The van der Waals surface area contributed by atoms with Crippen LogP contribution in [0.2, 0.25) is 0 Å². The average molecular weight is 256 g/mol. The molecule has 1 heterocycles. The molecule has 4 N–H and O–H groups in total. The third-order valence-electron chi connectivity index (χ3n) is 4.02. The summed E-state index contributed by atoms with van der Waals surface area (Å²) in [6.45, 7) is 5.01. The molecule has 5 nitrogen and oxygen atoms in total. The number of amides is 1. The molecule has 5 heteroatoms. The van der Waals surface area contributed by atoms with Crippen molar-refractivity contribution in [2.45, 2.75) is 44.2 Å². The maximum atomic E-state index is 11.1. The maximum Gasteiger partial charge on any atom is 0.237 e. The number of carbonyl (C=O) groups is 1. The summed E-state index contributed by atoms with van der Waals surface area (Å²) in [5.41, 5.74) is 10.2. The SMILES string of the molecule is CN(C)C1CCN(CCCC(C)(N)C(N)=O)CC1. The van der Waals surface area contributed by atoms with E-state index in [-0.39, 0.29) is 0 Å². The minimum absolute atomic E-state index is 0.409. The highest BCUT2D eigenvalue weighted by Gasteiger charge is 2.26. The topological polar surface area (TPSA) is 75.6 Å². The summed E-state index contributed by atoms with van der Waals surface area (Å²) in [5.74, 6) is -0.409. The van der Waals surface area contributed by atoms with E-state index in [1.165, 1.54) is 12.8 Å². The summed E-state index contributed by atoms with van der Waals surface area (Å²) in [4.78, 5) is 15.9. The lowest BCUT2D eigenvalue weighted by atomic mass is 9.96. The molecule has 0 radical (unpaired) electrons. The predicted octanol–water partition coefficient (Wildman–Crippen LogP) is -0.00470. The first-order valence-electron chi connectivity index (χ1n) is 6.80. The van der Waals surface area contributed by atoms with Crippen molar-refractivity contribution in [3.05, 3.63) is 0 Å². The van der Waals surface area contributed by atoms with Gasteiger partial charge in [0.25, 0.3) is 0 Å². The molecule has 1 rings (SSSR count). The lowest BCUT2D eigenvalue weighted by Gasteiger charge is -2.35. The number of nitrogens with zero attached hydrogens (tertiary/aromatic N) is 2. The van der Waals surface area contributed by atoms with Gasteiger partial charge in [-0.1, -0.05) is 0 Å². The standard InChI is InChI=1S/C13H28N4O/c1-13(15,12(14)18)7-4-8-17-9-5-11(6-10-17)16(2)3/h11H,4-10,15H2,1-3H3,(H2,14,18). The zero-order valence-electron chi connectivity index (χ0n) is 12.0. The Kier molecular flexibility index (Phi) is 5.56. The molecule has 106 valence electrons. The molecule has 0 aromatic carbocycles. The third-order valence-corrected chi connectivity index (χ3v) is 4.02. The van der Waals surface area contributed by atoms with Crippen molar-refractivity contribution < 1.29 is 4.79 Å². The molecule has 0 bridgehead atoms. The van der Waals surface area contributed by atoms with Crippen LogP contribution in [0.25, 0.3) is 0 Å². The van der Waals surface area contributed by atoms with Crippen LogP contribution in [-0.4, -0.2) is 61.0 Å². The van der Waals surface area contributed by atoms with Gasteiger partial charge in [-0.05, 0) is 66.3 Å². The van der Waals surface area contributed by atoms with Gasteiger partial charge in [-0.15, -0.1) is 0 Å². The van der Waals surface area contributed by atoms with Crippen LogP contribution < -0.4 is 11.5 Å². The van der Waals surface area contributed by atoms with E-state index in [1.54, 1.807) is 6.92 Å². The van der Waals surface area contributed by atoms with Crippen LogP contribution >= 0.6 is 0 Å². The van der Waals surface area contributed by atoms with E-state index in [1.807, 2.05) is 0 Å². The van der Waals surface area contributed by atoms with E-state index in [4.69, 9.17) is 11.5 Å². The van der Waals surface area contributed by atoms with Crippen molar-refractivity contribution in [2.24, 2.45) is 11.5 Å². The van der Waals surface area contributed by atoms with E-state index in [0.29, 0.717) is 12.5 Å². The predicted molar refractivity (Wildman–Crippen MR) is 74.2 cm³/mol. The van der Waals surface area contributed by atoms with E-state index >= 15 is 0 Å². The number of likely N-dealkylation sites (tertiary alicyclic amines) is 1. The largest absolute Gasteiger partial charge is 0.368 e. The summed E-state index contributed by atoms with van der Waals surface area (Å²) >= 11 is 0. The Balaban J connectivity index is 2.21. The highest BCUT2D eigenvalue weighted by Crippen LogP contribution is 2.16. The lowest BCUT2D eigenvalue weighted by Crippen LogP contribution is -2.49. The number of rotatable bonds is 6. The first-order valence-corrected chi connectivity index (χ1v) is 6.80. The van der Waals surface area contributed by atoms with Gasteiger partial charge in [0, 0.05) is 6.04 Å². The fourth-order valence-electron chi connectivity index (χ4n) is 2.45. The summed E-state index contributed by atoms with van der Waals surface area (Å²) in [6.07, 6.45) is 4.05. The normalized spacial score (nSPS) is 22.1. The van der Waals surface area contributed by atoms with Crippen molar-refractivity contribution in [1.29, 1.82) is 0 Å². The molecule has 1 atom stereocenters. The van der Waals surface area contributed by atoms with Gasteiger partial charge in [-0.2, -0.15) is 0 Å². The monoisotopic (exact) mass is 256 g/mol. The van der Waals surface area contributed by atoms with Gasteiger partial charge in [0.2, 0.25) is 5.91 Å². The zero-order valence-corrected chi connectivity index (χ0v) is 12.0. The van der Waals surface area contributed by atoms with E-state index in [0.717, 1.165) is 26.1 Å². The van der Waals surface area contributed by atoms with Crippen molar-refractivity contribution in [3.8, 4) is 0 Å². The molecule has 0 aromatic rings. The Bertz CT molecular complexity index is 270. The maximum absolute atomic E-state index is 11.1. The number of piperidine rings is 1. The Labute approximate surface area is 110 Å². The Hall–Kier alpha value is -0.650. The smallest absolute Gasteiger partial charge is 0.237 e. The quantitative estimate of drug-likeness (QED) is 0.701. The Morgan fingerprint density at radius 2 is 1.94 bits per heavy atom. The highest BCUT2D eigenvalue weighted by atomic mass is 16.1. The van der Waals surface area contributed by atoms with Crippen LogP contribution in [0.4, 0.5) is 0 Å². The van der Waals surface area contributed by atoms with Crippen LogP contribution in [0, 0.1) is 0 Å². The van der Waals surface area contributed by atoms with Crippen LogP contribution in [0.5, 0.6) is 0 Å². The zero-order chi connectivity index (χ0) is 13.8. The Morgan fingerprint density at radius 1 is 1.39 bits per heavy atom. The van der Waals surface area contributed by atoms with E-state index in [9.17, 15) is 4.79 Å². The van der Waals surface area contributed by atoms with Gasteiger partial charge in [0.15, 0.2) is 0 Å². The summed E-state index contributed by atoms with van der Waals surface area (Å²) in [6, 6.07) is 0.714. The van der Waals surface area contributed by atoms with Crippen molar-refractivity contribution in [2.75, 3.05) is 33.7 Å². The van der Waals surface area contributed by atoms with Crippen LogP contribution in [0.3, 0.4) is 0 Å². The first-order chi connectivity index (χ1) is 8.33. The molecular formula is C13H28N4O. The molecule has 1 aliphatic rings. The highest BCUT2D eigenvalue weighted by molar-refractivity contribution is 5.83. The molecule has 18 heavy (non-hydrogen) atoms. The third kappa shape index (κ3) is 4.55. The summed E-state index contributed by atoms with van der Waals surface area (Å²) in [7, 11) is 4.29. The fraction of sp³-hybridized carbons (Fsp3) is 0.923. The molecule has 0 aliphatic carbocycles. The molecular weight excluding hydrogens is 228 g/mol. The summed E-state index contributed by atoms with van der Waals surface area (Å²) in [5, 5.41) is 0. The van der Waals surface area contributed by atoms with Crippen molar-refractivity contribution in [3.63, 3.8) is 0 Å². The van der Waals surface area contributed by atoms with Gasteiger partial charge in [-0.3, -0.25) is 4.79 Å². The molecule has 1 amide bonds. The second-order valence-electron chi connectivity index (χ2n) is 5.92. The second-order valence-corrected chi connectivity index (χ2v) is 5.92. The van der Waals surface area contributed by atoms with Crippen molar-refractivity contribution in [1.82, 2.24) is 9.80 Å². The van der Waals surface area contributed by atoms with Gasteiger partial charge in [0.1, 0.15) is 0 Å². The Morgan fingerprint density at radius 3 is 2.39 bits per heavy atom. The number of hydrogen-bond donors (Lipinski definition) is 2. The van der Waals surface area contributed by atoms with Gasteiger partial charge >= 0.3 is 0 Å². The molecule has 0 spiro atoms. The van der Waals surface area contributed by atoms with Crippen LogP contribution in [0.1, 0.15) is 32.6 Å². The minimum atomic E-state index is -0.859. The molecule has 1 unspecified atom stereocenters. The summed E-state index contributed by atoms with van der Waals surface area (Å²) < 4.78 is 0. The van der Waals surface area contributed by atoms with Crippen LogP contribution in [-0.2, 0) is 4.79 Å². The molecule has 1 fully saturated rings. The van der Waals surface area contributed by atoms with E-state index in [2.05, 4.69) is 23.9 Å². The fourth-order valence-corrected chi connectivity index (χ4v) is 2.45. The van der Waals surface area contributed by atoms with Gasteiger partial charge in [0.05, 0.1) is 5.54 Å². The number of carbonyl (C=O) groups excluding carboxylic acids is 1. The number of primary amides is 1. The second kappa shape index (κ2) is 6.50. The minimum Gasteiger partial charge on any atom is -0.368 e. The van der Waals surface area contributed by atoms with Crippen LogP contribution in [0.15, 0.2) is 0 Å². The molecule has 1 aliphatic heterocycles. The van der Waals surface area contributed by atoms with Gasteiger partial charge < -0.3 is 21.3 Å². The van der Waals surface area contributed by atoms with E-state index < -0.39 is 11.4 Å². The number of nitrogens with two attached hydrogens (primary N) is 2. The van der Waals surface area contributed by atoms with Crippen molar-refractivity contribution >= 4 is 5.91 Å². The lowest BCUT2D eigenvalue weighted by molar-refractivity contribution is -0.122. The van der Waals surface area contributed by atoms with Gasteiger partial charge in [-0.25, -0.2) is 0 Å². The first kappa shape index (κ1) is 15.4. The average Bonchev–Trinajstić information content (AvgIpc) is 2.29. The molecule has 0 saturated carbocycles. The molecule has 1 saturated heterocycles.